The molecule has 9 nitrogen and oxygen atoms in total. The van der Waals surface area contributed by atoms with Crippen LogP contribution < -0.4 is 20.7 Å². The van der Waals surface area contributed by atoms with Gasteiger partial charge >= 0.3 is 12.1 Å². The van der Waals surface area contributed by atoms with E-state index in [0.717, 1.165) is 25.9 Å². The predicted octanol–water partition coefficient (Wildman–Crippen LogP) is 7.25. The largest absolute Gasteiger partial charge is 0.490 e. The standard InChI is InChI=1S/C28H24BrCl2FN4O3.C2HF3O2/c1-28(6-8-34-9-7-28)36-27(38)18-3-5-23(22(31)12-18)35-24(37)13-17-2-4-21(29)26(25(17)32)39-20-11-16(15-33)10-19(30)14-20;3-2(4,5)1(6)7/h2-5,10-12,14,34H,6-9,13H2,1H3,(H,35,37)(H,36,38);(H,6,7). The van der Waals surface area contributed by atoms with Crippen LogP contribution in [0.1, 0.15) is 41.3 Å². The second-order valence-corrected chi connectivity index (χ2v) is 11.9. The van der Waals surface area contributed by atoms with Crippen molar-refractivity contribution >= 4 is 62.6 Å². The molecule has 16 heteroatoms. The van der Waals surface area contributed by atoms with Crippen LogP contribution in [0.25, 0.3) is 0 Å². The Morgan fingerprint density at radius 1 is 1.11 bits per heavy atom. The van der Waals surface area contributed by atoms with E-state index >= 15 is 4.39 Å². The molecule has 0 spiro atoms. The minimum Gasteiger partial charge on any atom is -0.475 e. The molecule has 0 bridgehead atoms. The third-order valence-electron chi connectivity index (χ3n) is 6.57. The van der Waals surface area contributed by atoms with Crippen molar-refractivity contribution in [2.24, 2.45) is 0 Å². The topological polar surface area (TPSA) is 141 Å². The number of aliphatic carboxylic acids is 1. The number of benzene rings is 3. The van der Waals surface area contributed by atoms with Gasteiger partial charge in [0.15, 0.2) is 11.6 Å². The van der Waals surface area contributed by atoms with Gasteiger partial charge in [0, 0.05) is 21.7 Å². The van der Waals surface area contributed by atoms with E-state index in [0.29, 0.717) is 15.7 Å². The molecule has 3 aromatic rings. The summed E-state index contributed by atoms with van der Waals surface area (Å²) in [5.41, 5.74) is 0.701. The number of hydrogen-bond donors (Lipinski definition) is 4. The van der Waals surface area contributed by atoms with Crippen molar-refractivity contribution in [2.75, 3.05) is 18.4 Å². The van der Waals surface area contributed by atoms with Gasteiger partial charge in [-0.2, -0.15) is 18.4 Å². The lowest BCUT2D eigenvalue weighted by Gasteiger charge is -2.35. The summed E-state index contributed by atoms with van der Waals surface area (Å²) in [6.45, 7) is 3.67. The number of piperidine rings is 1. The molecule has 0 unspecified atom stereocenters. The lowest BCUT2D eigenvalue weighted by atomic mass is 9.90. The SMILES string of the molecule is CC1(NC(=O)c2ccc(NC(=O)Cc3ccc(Br)c(Oc4cc(Cl)cc(C#N)c4)c3F)c(Cl)c2)CCNCC1.O=C(O)C(F)(F)F. The molecule has 0 atom stereocenters. The van der Waals surface area contributed by atoms with Gasteiger partial charge in [0.25, 0.3) is 5.91 Å². The van der Waals surface area contributed by atoms with E-state index in [-0.39, 0.29) is 50.5 Å². The summed E-state index contributed by atoms with van der Waals surface area (Å²) in [5.74, 6) is -4.24. The molecule has 244 valence electrons. The molecule has 0 aromatic heterocycles. The van der Waals surface area contributed by atoms with Crippen molar-refractivity contribution in [1.29, 1.82) is 5.26 Å². The van der Waals surface area contributed by atoms with Gasteiger partial charge in [-0.1, -0.05) is 29.3 Å². The Hall–Kier alpha value is -3.90. The molecule has 4 rings (SSSR count). The molecule has 0 saturated carbocycles. The van der Waals surface area contributed by atoms with Gasteiger partial charge in [0.2, 0.25) is 5.91 Å². The first-order valence-electron chi connectivity index (χ1n) is 13.3. The average molecular weight is 748 g/mol. The molecule has 1 heterocycles. The number of amides is 2. The lowest BCUT2D eigenvalue weighted by molar-refractivity contribution is -0.192. The average Bonchev–Trinajstić information content (AvgIpc) is 2.97. The molecule has 0 aliphatic carbocycles. The Morgan fingerprint density at radius 2 is 1.76 bits per heavy atom. The van der Waals surface area contributed by atoms with E-state index in [9.17, 15) is 22.8 Å². The Labute approximate surface area is 278 Å². The Bertz CT molecular complexity index is 1680. The van der Waals surface area contributed by atoms with E-state index in [1.165, 1.54) is 36.4 Å². The van der Waals surface area contributed by atoms with Gasteiger partial charge in [-0.3, -0.25) is 9.59 Å². The Balaban J connectivity index is 0.000000738. The van der Waals surface area contributed by atoms with Gasteiger partial charge in [0.05, 0.1) is 33.2 Å². The van der Waals surface area contributed by atoms with Crippen molar-refractivity contribution in [3.05, 3.63) is 85.6 Å². The zero-order chi connectivity index (χ0) is 34.2. The van der Waals surface area contributed by atoms with Crippen LogP contribution in [0.2, 0.25) is 10.0 Å². The maximum absolute atomic E-state index is 15.3. The lowest BCUT2D eigenvalue weighted by Crippen LogP contribution is -2.52. The van der Waals surface area contributed by atoms with Crippen LogP contribution in [0, 0.1) is 17.1 Å². The number of carbonyl (C=O) groups excluding carboxylic acids is 2. The maximum Gasteiger partial charge on any atom is 0.490 e. The van der Waals surface area contributed by atoms with Crippen molar-refractivity contribution in [2.45, 2.75) is 37.9 Å². The van der Waals surface area contributed by atoms with E-state index in [1.54, 1.807) is 12.1 Å². The van der Waals surface area contributed by atoms with Gasteiger partial charge in [-0.15, -0.1) is 0 Å². The van der Waals surface area contributed by atoms with Crippen molar-refractivity contribution in [3.8, 4) is 17.6 Å². The summed E-state index contributed by atoms with van der Waals surface area (Å²) in [5, 5.41) is 25.7. The molecule has 46 heavy (non-hydrogen) atoms. The summed E-state index contributed by atoms with van der Waals surface area (Å²) in [7, 11) is 0. The van der Waals surface area contributed by atoms with Crippen molar-refractivity contribution in [3.63, 3.8) is 0 Å². The molecule has 0 radical (unpaired) electrons. The number of nitrogens with one attached hydrogen (secondary N) is 3. The number of carbonyl (C=O) groups is 3. The van der Waals surface area contributed by atoms with E-state index in [4.69, 9.17) is 43.1 Å². The van der Waals surface area contributed by atoms with Crippen LogP contribution in [0.4, 0.5) is 23.2 Å². The van der Waals surface area contributed by atoms with Crippen molar-refractivity contribution < 1.29 is 41.8 Å². The predicted molar refractivity (Wildman–Crippen MR) is 166 cm³/mol. The number of carboxylic acid groups (broad SMARTS) is 1. The molecule has 1 fully saturated rings. The smallest absolute Gasteiger partial charge is 0.475 e. The molecular weight excluding hydrogens is 723 g/mol. The quantitative estimate of drug-likeness (QED) is 0.187. The van der Waals surface area contributed by atoms with Crippen LogP contribution in [0.15, 0.2) is 53.0 Å². The van der Waals surface area contributed by atoms with Gasteiger partial charge in [0.1, 0.15) is 5.75 Å². The summed E-state index contributed by atoms with van der Waals surface area (Å²) < 4.78 is 53.1. The fourth-order valence-electron chi connectivity index (χ4n) is 4.18. The summed E-state index contributed by atoms with van der Waals surface area (Å²) in [6, 6.07) is 13.9. The minimum absolute atomic E-state index is 0.0792. The fourth-order valence-corrected chi connectivity index (χ4v) is 5.02. The van der Waals surface area contributed by atoms with E-state index in [1.807, 2.05) is 13.0 Å². The van der Waals surface area contributed by atoms with Crippen LogP contribution in [-0.4, -0.2) is 47.7 Å². The second-order valence-electron chi connectivity index (χ2n) is 10.2. The first kappa shape index (κ1) is 36.6. The molecule has 2 amide bonds. The first-order valence-corrected chi connectivity index (χ1v) is 14.8. The molecule has 4 N–H and O–H groups in total. The molecule has 1 aliphatic heterocycles. The highest BCUT2D eigenvalue weighted by atomic mass is 79.9. The van der Waals surface area contributed by atoms with Crippen molar-refractivity contribution in [1.82, 2.24) is 10.6 Å². The number of ether oxygens (including phenoxy) is 1. The van der Waals surface area contributed by atoms with Gasteiger partial charge in [-0.05, 0) is 91.2 Å². The molecule has 1 saturated heterocycles. The zero-order valence-electron chi connectivity index (χ0n) is 23.8. The molecule has 1 aliphatic rings. The Morgan fingerprint density at radius 3 is 2.35 bits per heavy atom. The summed E-state index contributed by atoms with van der Waals surface area (Å²) in [4.78, 5) is 34.4. The fraction of sp³-hybridized carbons (Fsp3) is 0.267. The maximum atomic E-state index is 15.3. The normalized spacial score (nSPS) is 13.8. The summed E-state index contributed by atoms with van der Waals surface area (Å²) in [6.07, 6.45) is -3.75. The van der Waals surface area contributed by atoms with Gasteiger partial charge < -0.3 is 25.8 Å². The number of hydrogen-bond acceptors (Lipinski definition) is 6. The summed E-state index contributed by atoms with van der Waals surface area (Å²) >= 11 is 15.6. The van der Waals surface area contributed by atoms with Crippen LogP contribution in [0.3, 0.4) is 0 Å². The number of carboxylic acids is 1. The number of nitrogens with zero attached hydrogens (tertiary/aromatic N) is 1. The van der Waals surface area contributed by atoms with E-state index < -0.39 is 23.9 Å². The van der Waals surface area contributed by atoms with Crippen LogP contribution >= 0.6 is 39.1 Å². The third-order valence-corrected chi connectivity index (χ3v) is 7.73. The second kappa shape index (κ2) is 15.6. The Kier molecular flexibility index (Phi) is 12.4. The number of alkyl halides is 3. The highest BCUT2D eigenvalue weighted by molar-refractivity contribution is 9.10. The highest BCUT2D eigenvalue weighted by Gasteiger charge is 2.38. The first-order chi connectivity index (χ1) is 21.5. The number of anilines is 1. The number of rotatable bonds is 7. The highest BCUT2D eigenvalue weighted by Crippen LogP contribution is 2.36. The van der Waals surface area contributed by atoms with Crippen LogP contribution in [-0.2, 0) is 16.0 Å². The van der Waals surface area contributed by atoms with Crippen LogP contribution in [0.5, 0.6) is 11.5 Å². The number of halogens is 7. The van der Waals surface area contributed by atoms with Gasteiger partial charge in [-0.25, -0.2) is 9.18 Å². The van der Waals surface area contributed by atoms with E-state index in [2.05, 4.69) is 31.9 Å². The zero-order valence-corrected chi connectivity index (χ0v) is 26.9. The molecular formula is C30H25BrCl2F4N4O5. The third kappa shape index (κ3) is 10.3. The monoisotopic (exact) mass is 746 g/mol. The number of nitriles is 1. The molecule has 3 aromatic carbocycles. The minimum atomic E-state index is -5.08.